The van der Waals surface area contributed by atoms with E-state index in [4.69, 9.17) is 9.47 Å². The summed E-state index contributed by atoms with van der Waals surface area (Å²) in [5.74, 6) is 0. The highest BCUT2D eigenvalue weighted by molar-refractivity contribution is 5.63. The lowest BCUT2D eigenvalue weighted by Crippen LogP contribution is -2.34. The van der Waals surface area contributed by atoms with Crippen molar-refractivity contribution in [2.75, 3.05) is 6.61 Å². The first-order chi connectivity index (χ1) is 8.76. The summed E-state index contributed by atoms with van der Waals surface area (Å²) < 4.78 is 10.3. The number of hydrogen-bond acceptors (Lipinski definition) is 3. The van der Waals surface area contributed by atoms with E-state index in [0.29, 0.717) is 0 Å². The number of carbonyl (C=O) groups is 1. The van der Waals surface area contributed by atoms with Crippen LogP contribution in [0.5, 0.6) is 0 Å². The van der Waals surface area contributed by atoms with E-state index < -0.39 is 5.60 Å². The standard InChI is InChI=1S/C10H16O2.C5H8O/c1-3-9-5-6-10(4-2,8-11)12-7-9;1-2-4-6-5-3-1/h7-8H,3-6H2,1-2H3;2,4H,1,3,5H2. The van der Waals surface area contributed by atoms with E-state index in [1.165, 1.54) is 18.4 Å². The van der Waals surface area contributed by atoms with Gasteiger partial charge in [-0.25, -0.2) is 0 Å². The molecular weight excluding hydrogens is 228 g/mol. The van der Waals surface area contributed by atoms with Crippen LogP contribution in [0.15, 0.2) is 24.2 Å². The fraction of sp³-hybridized carbons (Fsp3) is 0.667. The summed E-state index contributed by atoms with van der Waals surface area (Å²) >= 11 is 0. The van der Waals surface area contributed by atoms with Crippen LogP contribution in [0.1, 0.15) is 52.4 Å². The zero-order chi connectivity index (χ0) is 13.3. The Morgan fingerprint density at radius 3 is 2.56 bits per heavy atom. The van der Waals surface area contributed by atoms with Gasteiger partial charge in [0.05, 0.1) is 19.1 Å². The fourth-order valence-electron chi connectivity index (χ4n) is 1.87. The van der Waals surface area contributed by atoms with E-state index in [1.54, 1.807) is 12.5 Å². The summed E-state index contributed by atoms with van der Waals surface area (Å²) in [7, 11) is 0. The lowest BCUT2D eigenvalue weighted by Gasteiger charge is -2.30. The molecule has 0 N–H and O–H groups in total. The first-order valence-electron chi connectivity index (χ1n) is 6.85. The Balaban J connectivity index is 0.000000225. The van der Waals surface area contributed by atoms with Gasteiger partial charge in [-0.3, -0.25) is 4.79 Å². The van der Waals surface area contributed by atoms with Gasteiger partial charge in [0.25, 0.3) is 0 Å². The molecule has 2 rings (SSSR count). The van der Waals surface area contributed by atoms with Crippen molar-refractivity contribution >= 4 is 6.29 Å². The van der Waals surface area contributed by atoms with Crippen LogP contribution in [0.25, 0.3) is 0 Å². The largest absolute Gasteiger partial charge is 0.502 e. The van der Waals surface area contributed by atoms with Crippen molar-refractivity contribution in [2.45, 2.75) is 58.0 Å². The SMILES string of the molecule is C1=COCCC1.CCC1=COC(C=O)(CC)CC1. The molecule has 102 valence electrons. The molecule has 3 heteroatoms. The van der Waals surface area contributed by atoms with E-state index in [2.05, 4.69) is 6.92 Å². The van der Waals surface area contributed by atoms with E-state index >= 15 is 0 Å². The summed E-state index contributed by atoms with van der Waals surface area (Å²) in [5, 5.41) is 0. The van der Waals surface area contributed by atoms with Gasteiger partial charge in [0.15, 0.2) is 11.9 Å². The lowest BCUT2D eigenvalue weighted by atomic mass is 9.91. The number of carbonyl (C=O) groups excluding carboxylic acids is 1. The molecule has 3 nitrogen and oxygen atoms in total. The molecule has 0 bridgehead atoms. The molecule has 0 saturated carbocycles. The predicted octanol–water partition coefficient (Wildman–Crippen LogP) is 3.75. The highest BCUT2D eigenvalue weighted by Gasteiger charge is 2.31. The van der Waals surface area contributed by atoms with Crippen LogP contribution >= 0.6 is 0 Å². The monoisotopic (exact) mass is 252 g/mol. The fourth-order valence-corrected chi connectivity index (χ4v) is 1.87. The van der Waals surface area contributed by atoms with Gasteiger partial charge in [-0.2, -0.15) is 0 Å². The van der Waals surface area contributed by atoms with Gasteiger partial charge in [-0.15, -0.1) is 0 Å². The third kappa shape index (κ3) is 4.55. The average molecular weight is 252 g/mol. The van der Waals surface area contributed by atoms with E-state index in [1.807, 2.05) is 13.0 Å². The van der Waals surface area contributed by atoms with E-state index in [-0.39, 0.29) is 0 Å². The van der Waals surface area contributed by atoms with E-state index in [9.17, 15) is 4.79 Å². The minimum atomic E-state index is -0.515. The van der Waals surface area contributed by atoms with Crippen molar-refractivity contribution in [3.8, 4) is 0 Å². The molecule has 0 saturated heterocycles. The Morgan fingerprint density at radius 2 is 2.28 bits per heavy atom. The summed E-state index contributed by atoms with van der Waals surface area (Å²) in [6.45, 7) is 5.00. The molecule has 2 aliphatic heterocycles. The van der Waals surface area contributed by atoms with Crippen LogP contribution in [0.3, 0.4) is 0 Å². The van der Waals surface area contributed by atoms with Crippen LogP contribution in [-0.4, -0.2) is 18.5 Å². The van der Waals surface area contributed by atoms with Gasteiger partial charge < -0.3 is 9.47 Å². The van der Waals surface area contributed by atoms with Crippen LogP contribution in [-0.2, 0) is 14.3 Å². The molecule has 0 aromatic carbocycles. The van der Waals surface area contributed by atoms with Gasteiger partial charge in [0.2, 0.25) is 0 Å². The second kappa shape index (κ2) is 7.96. The second-order valence-electron chi connectivity index (χ2n) is 4.67. The van der Waals surface area contributed by atoms with Crippen LogP contribution in [0, 0.1) is 0 Å². The molecule has 0 aromatic rings. The van der Waals surface area contributed by atoms with Crippen LogP contribution in [0.2, 0.25) is 0 Å². The van der Waals surface area contributed by atoms with Gasteiger partial charge >= 0.3 is 0 Å². The van der Waals surface area contributed by atoms with Gasteiger partial charge in [-0.05, 0) is 50.2 Å². The second-order valence-corrected chi connectivity index (χ2v) is 4.67. The van der Waals surface area contributed by atoms with Gasteiger partial charge in [-0.1, -0.05) is 13.8 Å². The minimum Gasteiger partial charge on any atom is -0.502 e. The van der Waals surface area contributed by atoms with Crippen molar-refractivity contribution in [3.63, 3.8) is 0 Å². The molecule has 2 heterocycles. The predicted molar refractivity (Wildman–Crippen MR) is 72.1 cm³/mol. The molecular formula is C15H24O3. The number of aldehydes is 1. The van der Waals surface area contributed by atoms with Crippen LogP contribution < -0.4 is 0 Å². The molecule has 0 fully saturated rings. The molecule has 0 radical (unpaired) electrons. The lowest BCUT2D eigenvalue weighted by molar-refractivity contribution is -0.126. The Labute approximate surface area is 110 Å². The highest BCUT2D eigenvalue weighted by Crippen LogP contribution is 2.29. The summed E-state index contributed by atoms with van der Waals surface area (Å²) in [5.41, 5.74) is 0.791. The molecule has 0 aliphatic carbocycles. The first kappa shape index (κ1) is 14.8. The Hall–Kier alpha value is -1.25. The zero-order valence-corrected chi connectivity index (χ0v) is 11.5. The maximum atomic E-state index is 10.8. The third-order valence-corrected chi connectivity index (χ3v) is 3.42. The quantitative estimate of drug-likeness (QED) is 0.718. The maximum Gasteiger partial charge on any atom is 0.163 e. The van der Waals surface area contributed by atoms with Crippen molar-refractivity contribution in [3.05, 3.63) is 24.2 Å². The summed E-state index contributed by atoms with van der Waals surface area (Å²) in [4.78, 5) is 10.8. The Kier molecular flexibility index (Phi) is 6.55. The number of ether oxygens (including phenoxy) is 2. The topological polar surface area (TPSA) is 35.5 Å². The third-order valence-electron chi connectivity index (χ3n) is 3.42. The zero-order valence-electron chi connectivity index (χ0n) is 11.5. The van der Waals surface area contributed by atoms with Crippen LogP contribution in [0.4, 0.5) is 0 Å². The van der Waals surface area contributed by atoms with Crippen molar-refractivity contribution in [1.29, 1.82) is 0 Å². The Morgan fingerprint density at radius 1 is 1.44 bits per heavy atom. The average Bonchev–Trinajstić information content (AvgIpc) is 2.50. The minimum absolute atomic E-state index is 0.515. The molecule has 0 aromatic heterocycles. The summed E-state index contributed by atoms with van der Waals surface area (Å²) in [6.07, 6.45) is 12.5. The van der Waals surface area contributed by atoms with Gasteiger partial charge in [0, 0.05) is 0 Å². The number of allylic oxidation sites excluding steroid dienone is 2. The van der Waals surface area contributed by atoms with Crippen molar-refractivity contribution in [2.24, 2.45) is 0 Å². The maximum absolute atomic E-state index is 10.8. The molecule has 2 aliphatic rings. The smallest absolute Gasteiger partial charge is 0.163 e. The Bertz CT molecular complexity index is 299. The normalized spacial score (nSPS) is 26.0. The van der Waals surface area contributed by atoms with Crippen molar-refractivity contribution in [1.82, 2.24) is 0 Å². The molecule has 0 amide bonds. The number of rotatable bonds is 3. The number of hydrogen-bond donors (Lipinski definition) is 0. The van der Waals surface area contributed by atoms with Gasteiger partial charge in [0.1, 0.15) is 0 Å². The highest BCUT2D eigenvalue weighted by atomic mass is 16.5. The van der Waals surface area contributed by atoms with Crippen molar-refractivity contribution < 1.29 is 14.3 Å². The molecule has 18 heavy (non-hydrogen) atoms. The molecule has 1 atom stereocenters. The molecule has 0 spiro atoms. The molecule has 1 unspecified atom stereocenters. The summed E-state index contributed by atoms with van der Waals surface area (Å²) in [6, 6.07) is 0. The van der Waals surface area contributed by atoms with E-state index in [0.717, 1.165) is 38.6 Å². The first-order valence-corrected chi connectivity index (χ1v) is 6.85.